The number of halogens is 1. The first-order chi connectivity index (χ1) is 9.11. The van der Waals surface area contributed by atoms with Crippen molar-refractivity contribution in [1.82, 2.24) is 0 Å². The summed E-state index contributed by atoms with van der Waals surface area (Å²) in [6.07, 6.45) is 5.22. The average Bonchev–Trinajstić information content (AvgIpc) is 2.39. The number of rotatable bonds is 4. The van der Waals surface area contributed by atoms with Crippen LogP contribution >= 0.6 is 11.6 Å². The summed E-state index contributed by atoms with van der Waals surface area (Å²) in [5, 5.41) is 4.41. The number of hydrogen-bond donors (Lipinski definition) is 1. The topological polar surface area (TPSA) is 21.3 Å². The van der Waals surface area contributed by atoms with Crippen molar-refractivity contribution in [3.8, 4) is 5.75 Å². The first-order valence-corrected chi connectivity index (χ1v) is 7.59. The second kappa shape index (κ2) is 6.51. The molecule has 2 unspecified atom stereocenters. The van der Waals surface area contributed by atoms with E-state index in [1.165, 1.54) is 25.7 Å². The first kappa shape index (κ1) is 14.5. The molecule has 1 fully saturated rings. The highest BCUT2D eigenvalue weighted by atomic mass is 35.5. The van der Waals surface area contributed by atoms with Crippen LogP contribution in [0.5, 0.6) is 5.75 Å². The molecule has 1 saturated carbocycles. The highest BCUT2D eigenvalue weighted by molar-refractivity contribution is 6.30. The largest absolute Gasteiger partial charge is 0.495 e. The Morgan fingerprint density at radius 2 is 2.00 bits per heavy atom. The molecule has 3 heteroatoms. The fourth-order valence-corrected chi connectivity index (χ4v) is 3.30. The minimum atomic E-state index is 0.529. The van der Waals surface area contributed by atoms with E-state index in [2.05, 4.69) is 19.2 Å². The van der Waals surface area contributed by atoms with Crippen LogP contribution in [0.1, 0.15) is 39.5 Å². The van der Waals surface area contributed by atoms with Crippen LogP contribution in [0, 0.1) is 11.8 Å². The van der Waals surface area contributed by atoms with E-state index in [1.807, 2.05) is 18.2 Å². The third-order valence-electron chi connectivity index (χ3n) is 4.18. The summed E-state index contributed by atoms with van der Waals surface area (Å²) in [4.78, 5) is 0. The number of benzene rings is 1. The summed E-state index contributed by atoms with van der Waals surface area (Å²) in [7, 11) is 1.70. The molecule has 0 radical (unpaired) electrons. The number of hydrogen-bond acceptors (Lipinski definition) is 2. The molecule has 2 rings (SSSR count). The van der Waals surface area contributed by atoms with Crippen molar-refractivity contribution in [3.63, 3.8) is 0 Å². The maximum atomic E-state index is 6.09. The lowest BCUT2D eigenvalue weighted by molar-refractivity contribution is 0.253. The lowest BCUT2D eigenvalue weighted by Gasteiger charge is -2.35. The number of methoxy groups -OCH3 is 1. The Morgan fingerprint density at radius 1 is 1.26 bits per heavy atom. The molecule has 0 spiro atoms. The zero-order chi connectivity index (χ0) is 13.8. The summed E-state index contributed by atoms with van der Waals surface area (Å²) >= 11 is 6.09. The second-order valence-electron chi connectivity index (χ2n) is 5.79. The van der Waals surface area contributed by atoms with Gasteiger partial charge in [0.25, 0.3) is 0 Å². The number of anilines is 1. The van der Waals surface area contributed by atoms with Gasteiger partial charge in [-0.15, -0.1) is 0 Å². The van der Waals surface area contributed by atoms with Crippen LogP contribution in [0.3, 0.4) is 0 Å². The Labute approximate surface area is 121 Å². The quantitative estimate of drug-likeness (QED) is 0.841. The van der Waals surface area contributed by atoms with Crippen LogP contribution in [-0.4, -0.2) is 13.2 Å². The first-order valence-electron chi connectivity index (χ1n) is 7.22. The van der Waals surface area contributed by atoms with Crippen molar-refractivity contribution >= 4 is 17.3 Å². The molecular formula is C16H24ClNO. The van der Waals surface area contributed by atoms with Gasteiger partial charge in [0.15, 0.2) is 0 Å². The van der Waals surface area contributed by atoms with Crippen molar-refractivity contribution < 1.29 is 4.74 Å². The molecule has 1 aromatic carbocycles. The Balaban J connectivity index is 2.16. The Hall–Kier alpha value is -0.890. The highest BCUT2D eigenvalue weighted by Crippen LogP contribution is 2.35. The van der Waals surface area contributed by atoms with E-state index in [-0.39, 0.29) is 0 Å². The fraction of sp³-hybridized carbons (Fsp3) is 0.625. The third-order valence-corrected chi connectivity index (χ3v) is 4.41. The maximum Gasteiger partial charge on any atom is 0.142 e. The molecule has 0 bridgehead atoms. The van der Waals surface area contributed by atoms with Crippen molar-refractivity contribution in [3.05, 3.63) is 23.2 Å². The number of nitrogens with one attached hydrogen (secondary N) is 1. The van der Waals surface area contributed by atoms with Gasteiger partial charge < -0.3 is 10.1 Å². The van der Waals surface area contributed by atoms with Gasteiger partial charge in [-0.05, 0) is 42.9 Å². The molecule has 1 aliphatic rings. The summed E-state index contributed by atoms with van der Waals surface area (Å²) in [5.74, 6) is 2.32. The van der Waals surface area contributed by atoms with E-state index in [9.17, 15) is 0 Å². The predicted molar refractivity (Wildman–Crippen MR) is 82.2 cm³/mol. The summed E-state index contributed by atoms with van der Waals surface area (Å²) in [6, 6.07) is 6.29. The molecule has 1 N–H and O–H groups in total. The van der Waals surface area contributed by atoms with Crippen molar-refractivity contribution in [2.24, 2.45) is 11.8 Å². The van der Waals surface area contributed by atoms with Gasteiger partial charge in [0.05, 0.1) is 12.8 Å². The Kier molecular flexibility index (Phi) is 4.98. The molecule has 2 nitrogen and oxygen atoms in total. The molecule has 1 aliphatic carbocycles. The summed E-state index contributed by atoms with van der Waals surface area (Å²) < 4.78 is 5.42. The van der Waals surface area contributed by atoms with E-state index < -0.39 is 0 Å². The van der Waals surface area contributed by atoms with Gasteiger partial charge in [0.2, 0.25) is 0 Å². The SMILES string of the molecule is COc1ccc(Cl)cc1NC1CCCCC1C(C)C. The van der Waals surface area contributed by atoms with Crippen LogP contribution in [0.25, 0.3) is 0 Å². The smallest absolute Gasteiger partial charge is 0.142 e. The molecule has 0 heterocycles. The molecule has 0 aromatic heterocycles. The van der Waals surface area contributed by atoms with Gasteiger partial charge in [-0.2, -0.15) is 0 Å². The second-order valence-corrected chi connectivity index (χ2v) is 6.22. The van der Waals surface area contributed by atoms with E-state index in [0.717, 1.165) is 22.4 Å². The molecule has 0 saturated heterocycles. The normalized spacial score (nSPS) is 23.4. The van der Waals surface area contributed by atoms with E-state index in [4.69, 9.17) is 16.3 Å². The Bertz CT molecular complexity index is 419. The van der Waals surface area contributed by atoms with Crippen LogP contribution in [0.2, 0.25) is 5.02 Å². The molecule has 106 valence electrons. The third kappa shape index (κ3) is 3.56. The summed E-state index contributed by atoms with van der Waals surface area (Å²) in [6.45, 7) is 4.64. The molecule has 2 atom stereocenters. The average molecular weight is 282 g/mol. The standard InChI is InChI=1S/C16H24ClNO/c1-11(2)13-6-4-5-7-14(13)18-15-10-12(17)8-9-16(15)19-3/h8-11,13-14,18H,4-7H2,1-3H3. The molecule has 0 aliphatic heterocycles. The van der Waals surface area contributed by atoms with Gasteiger partial charge in [-0.1, -0.05) is 38.3 Å². The van der Waals surface area contributed by atoms with E-state index >= 15 is 0 Å². The molecule has 1 aromatic rings. The minimum absolute atomic E-state index is 0.529. The molecule has 19 heavy (non-hydrogen) atoms. The molecular weight excluding hydrogens is 258 g/mol. The summed E-state index contributed by atoms with van der Waals surface area (Å²) in [5.41, 5.74) is 1.02. The van der Waals surface area contributed by atoms with Crippen molar-refractivity contribution in [2.75, 3.05) is 12.4 Å². The van der Waals surface area contributed by atoms with Gasteiger partial charge in [-0.3, -0.25) is 0 Å². The van der Waals surface area contributed by atoms with Crippen LogP contribution in [0.15, 0.2) is 18.2 Å². The lowest BCUT2D eigenvalue weighted by atomic mass is 9.78. The highest BCUT2D eigenvalue weighted by Gasteiger charge is 2.27. The fourth-order valence-electron chi connectivity index (χ4n) is 3.13. The number of ether oxygens (including phenoxy) is 1. The van der Waals surface area contributed by atoms with E-state index in [1.54, 1.807) is 7.11 Å². The van der Waals surface area contributed by atoms with Gasteiger partial charge >= 0.3 is 0 Å². The predicted octanol–water partition coefficient (Wildman–Crippen LogP) is 4.98. The zero-order valence-electron chi connectivity index (χ0n) is 12.1. The minimum Gasteiger partial charge on any atom is -0.495 e. The maximum absolute atomic E-state index is 6.09. The Morgan fingerprint density at radius 3 is 2.68 bits per heavy atom. The van der Waals surface area contributed by atoms with Gasteiger partial charge in [0, 0.05) is 11.1 Å². The van der Waals surface area contributed by atoms with Crippen molar-refractivity contribution in [1.29, 1.82) is 0 Å². The van der Waals surface area contributed by atoms with Gasteiger partial charge in [0.1, 0.15) is 5.75 Å². The zero-order valence-corrected chi connectivity index (χ0v) is 12.8. The van der Waals surface area contributed by atoms with Crippen LogP contribution < -0.4 is 10.1 Å². The molecule has 0 amide bonds. The van der Waals surface area contributed by atoms with E-state index in [0.29, 0.717) is 12.0 Å². The van der Waals surface area contributed by atoms with Crippen molar-refractivity contribution in [2.45, 2.75) is 45.6 Å². The van der Waals surface area contributed by atoms with Crippen LogP contribution in [-0.2, 0) is 0 Å². The monoisotopic (exact) mass is 281 g/mol. The lowest BCUT2D eigenvalue weighted by Crippen LogP contribution is -2.35. The van der Waals surface area contributed by atoms with Gasteiger partial charge in [-0.25, -0.2) is 0 Å². The van der Waals surface area contributed by atoms with Crippen LogP contribution in [0.4, 0.5) is 5.69 Å².